The number of aryl methyl sites for hydroxylation is 2. The van der Waals surface area contributed by atoms with E-state index in [1.165, 1.54) is 0 Å². The number of H-pyrrole nitrogens is 1. The van der Waals surface area contributed by atoms with Gasteiger partial charge in [-0.2, -0.15) is 5.10 Å². The van der Waals surface area contributed by atoms with Crippen LogP contribution in [0.2, 0.25) is 0 Å². The van der Waals surface area contributed by atoms with Crippen molar-refractivity contribution in [1.82, 2.24) is 19.7 Å². The summed E-state index contributed by atoms with van der Waals surface area (Å²) in [6, 6.07) is 3.87. The first-order valence-electron chi connectivity index (χ1n) is 6.93. The van der Waals surface area contributed by atoms with Gasteiger partial charge < -0.3 is 14.5 Å². The van der Waals surface area contributed by atoms with Crippen molar-refractivity contribution in [2.45, 2.75) is 13.8 Å². The van der Waals surface area contributed by atoms with E-state index in [4.69, 9.17) is 9.47 Å². The first kappa shape index (κ1) is 12.3. The van der Waals surface area contributed by atoms with Crippen molar-refractivity contribution in [3.63, 3.8) is 0 Å². The first-order chi connectivity index (χ1) is 10.1. The molecule has 108 valence electrons. The Balaban J connectivity index is 1.91. The molecule has 1 aliphatic rings. The molecule has 0 atom stereocenters. The van der Waals surface area contributed by atoms with E-state index in [9.17, 15) is 0 Å². The van der Waals surface area contributed by atoms with Crippen molar-refractivity contribution in [3.8, 4) is 22.9 Å². The molecule has 21 heavy (non-hydrogen) atoms. The van der Waals surface area contributed by atoms with Crippen LogP contribution in [0, 0.1) is 13.8 Å². The van der Waals surface area contributed by atoms with Gasteiger partial charge in [-0.15, -0.1) is 0 Å². The van der Waals surface area contributed by atoms with Crippen LogP contribution in [0.4, 0.5) is 0 Å². The zero-order valence-corrected chi connectivity index (χ0v) is 12.2. The van der Waals surface area contributed by atoms with Gasteiger partial charge in [-0.3, -0.25) is 4.68 Å². The van der Waals surface area contributed by atoms with Gasteiger partial charge in [0.2, 0.25) is 0 Å². The van der Waals surface area contributed by atoms with E-state index in [1.54, 1.807) is 0 Å². The number of rotatable bonds is 1. The number of ether oxygens (including phenoxy) is 2. The Labute approximate surface area is 121 Å². The lowest BCUT2D eigenvalue weighted by Gasteiger charge is -2.17. The molecule has 0 unspecified atom stereocenters. The molecule has 6 nitrogen and oxygen atoms in total. The van der Waals surface area contributed by atoms with Crippen molar-refractivity contribution >= 4 is 11.0 Å². The van der Waals surface area contributed by atoms with Crippen LogP contribution < -0.4 is 9.47 Å². The second-order valence-electron chi connectivity index (χ2n) is 5.27. The van der Waals surface area contributed by atoms with Crippen LogP contribution in [0.5, 0.6) is 11.5 Å². The summed E-state index contributed by atoms with van der Waals surface area (Å²) in [5.41, 5.74) is 4.91. The van der Waals surface area contributed by atoms with E-state index in [0.717, 1.165) is 45.3 Å². The minimum atomic E-state index is 0.580. The Bertz CT molecular complexity index is 804. The number of nitrogens with zero attached hydrogens (tertiary/aromatic N) is 3. The van der Waals surface area contributed by atoms with Crippen LogP contribution in [0.15, 0.2) is 12.1 Å². The summed E-state index contributed by atoms with van der Waals surface area (Å²) < 4.78 is 13.1. The molecular weight excluding hydrogens is 268 g/mol. The fourth-order valence-corrected chi connectivity index (χ4v) is 2.78. The summed E-state index contributed by atoms with van der Waals surface area (Å²) in [4.78, 5) is 8.04. The smallest absolute Gasteiger partial charge is 0.163 e. The monoisotopic (exact) mass is 284 g/mol. The van der Waals surface area contributed by atoms with E-state index in [1.807, 2.05) is 37.7 Å². The average molecular weight is 284 g/mol. The van der Waals surface area contributed by atoms with Crippen molar-refractivity contribution in [3.05, 3.63) is 23.5 Å². The summed E-state index contributed by atoms with van der Waals surface area (Å²) >= 11 is 0. The topological polar surface area (TPSA) is 65.0 Å². The molecule has 6 heteroatoms. The third-order valence-corrected chi connectivity index (χ3v) is 3.89. The molecule has 0 saturated heterocycles. The third kappa shape index (κ3) is 1.79. The van der Waals surface area contributed by atoms with E-state index >= 15 is 0 Å². The number of hydrogen-bond donors (Lipinski definition) is 1. The highest BCUT2D eigenvalue weighted by atomic mass is 16.6. The van der Waals surface area contributed by atoms with Crippen molar-refractivity contribution in [2.75, 3.05) is 13.2 Å². The molecular formula is C15H16N4O2. The van der Waals surface area contributed by atoms with Crippen molar-refractivity contribution in [2.24, 2.45) is 7.05 Å². The molecule has 0 saturated carbocycles. The highest BCUT2D eigenvalue weighted by Crippen LogP contribution is 2.35. The van der Waals surface area contributed by atoms with Gasteiger partial charge in [0.15, 0.2) is 11.5 Å². The fourth-order valence-electron chi connectivity index (χ4n) is 2.78. The predicted octanol–water partition coefficient (Wildman–Crippen LogP) is 2.35. The number of nitrogens with one attached hydrogen (secondary N) is 1. The number of hydrogen-bond acceptors (Lipinski definition) is 4. The zero-order chi connectivity index (χ0) is 14.6. The molecule has 1 aliphatic heterocycles. The summed E-state index contributed by atoms with van der Waals surface area (Å²) in [6.45, 7) is 5.20. The van der Waals surface area contributed by atoms with Crippen LogP contribution in [-0.4, -0.2) is 33.0 Å². The van der Waals surface area contributed by atoms with Gasteiger partial charge >= 0.3 is 0 Å². The minimum Gasteiger partial charge on any atom is -0.486 e. The van der Waals surface area contributed by atoms with Gasteiger partial charge in [0.1, 0.15) is 19.0 Å². The number of aromatic amines is 1. The van der Waals surface area contributed by atoms with E-state index in [0.29, 0.717) is 13.2 Å². The second kappa shape index (κ2) is 4.25. The maximum Gasteiger partial charge on any atom is 0.163 e. The molecule has 0 spiro atoms. The van der Waals surface area contributed by atoms with Crippen molar-refractivity contribution < 1.29 is 9.47 Å². The molecule has 4 rings (SSSR count). The summed E-state index contributed by atoms with van der Waals surface area (Å²) in [5.74, 6) is 2.35. The number of fused-ring (bicyclic) bond motifs is 2. The lowest BCUT2D eigenvalue weighted by molar-refractivity contribution is 0.172. The highest BCUT2D eigenvalue weighted by molar-refractivity contribution is 5.83. The lowest BCUT2D eigenvalue weighted by atomic mass is 10.2. The first-order valence-corrected chi connectivity index (χ1v) is 6.93. The third-order valence-electron chi connectivity index (χ3n) is 3.89. The molecule has 0 aliphatic carbocycles. The Hall–Kier alpha value is -2.50. The Morgan fingerprint density at radius 2 is 1.86 bits per heavy atom. The number of aromatic nitrogens is 4. The summed E-state index contributed by atoms with van der Waals surface area (Å²) in [6.07, 6.45) is 0. The Morgan fingerprint density at radius 1 is 1.14 bits per heavy atom. The molecule has 0 amide bonds. The highest BCUT2D eigenvalue weighted by Gasteiger charge is 2.18. The average Bonchev–Trinajstić information content (AvgIpc) is 2.96. The van der Waals surface area contributed by atoms with Gasteiger partial charge in [0.05, 0.1) is 22.3 Å². The molecule has 3 aromatic rings. The minimum absolute atomic E-state index is 0.580. The Kier molecular flexibility index (Phi) is 2.48. The molecule has 2 aromatic heterocycles. The van der Waals surface area contributed by atoms with Gasteiger partial charge in [-0.25, -0.2) is 4.98 Å². The van der Waals surface area contributed by atoms with E-state index < -0.39 is 0 Å². The van der Waals surface area contributed by atoms with Crippen LogP contribution in [0.1, 0.15) is 11.4 Å². The van der Waals surface area contributed by atoms with Gasteiger partial charge in [-0.1, -0.05) is 0 Å². The SMILES string of the molecule is Cc1nn(C)c(C)c1-c1nc2cc3c(cc2[nH]1)OCCO3. The van der Waals surface area contributed by atoms with Crippen LogP contribution in [0.3, 0.4) is 0 Å². The van der Waals surface area contributed by atoms with E-state index in [-0.39, 0.29) is 0 Å². The second-order valence-corrected chi connectivity index (χ2v) is 5.27. The molecule has 3 heterocycles. The largest absolute Gasteiger partial charge is 0.486 e. The Morgan fingerprint density at radius 3 is 2.52 bits per heavy atom. The zero-order valence-electron chi connectivity index (χ0n) is 12.2. The van der Waals surface area contributed by atoms with Gasteiger partial charge in [0.25, 0.3) is 0 Å². The number of benzene rings is 1. The summed E-state index contributed by atoms with van der Waals surface area (Å²) in [7, 11) is 1.94. The summed E-state index contributed by atoms with van der Waals surface area (Å²) in [5, 5.41) is 4.44. The number of imidazole rings is 1. The molecule has 1 N–H and O–H groups in total. The molecule has 0 bridgehead atoms. The predicted molar refractivity (Wildman–Crippen MR) is 78.8 cm³/mol. The maximum atomic E-state index is 5.61. The van der Waals surface area contributed by atoms with Crippen LogP contribution >= 0.6 is 0 Å². The van der Waals surface area contributed by atoms with Crippen LogP contribution in [-0.2, 0) is 7.05 Å². The van der Waals surface area contributed by atoms with E-state index in [2.05, 4.69) is 15.1 Å². The standard InChI is InChI=1S/C15H16N4O2/c1-8-14(9(2)19(3)18-8)15-16-10-6-12-13(7-11(10)17-15)21-5-4-20-12/h6-7H,4-5H2,1-3H3,(H,16,17). The van der Waals surface area contributed by atoms with Crippen molar-refractivity contribution in [1.29, 1.82) is 0 Å². The normalized spacial score (nSPS) is 13.9. The molecule has 0 radical (unpaired) electrons. The fraction of sp³-hybridized carbons (Fsp3) is 0.333. The van der Waals surface area contributed by atoms with Gasteiger partial charge in [0, 0.05) is 24.9 Å². The molecule has 1 aromatic carbocycles. The van der Waals surface area contributed by atoms with Gasteiger partial charge in [-0.05, 0) is 13.8 Å². The van der Waals surface area contributed by atoms with Crippen LogP contribution in [0.25, 0.3) is 22.4 Å². The lowest BCUT2D eigenvalue weighted by Crippen LogP contribution is -2.15. The molecule has 0 fully saturated rings. The maximum absolute atomic E-state index is 5.61. The quantitative estimate of drug-likeness (QED) is 0.745.